The quantitative estimate of drug-likeness (QED) is 0.852. The Morgan fingerprint density at radius 1 is 1.32 bits per heavy atom. The number of nitrogens with zero attached hydrogens (tertiary/aromatic N) is 2. The first-order valence-corrected chi connectivity index (χ1v) is 9.03. The minimum atomic E-state index is -0.449. The Bertz CT molecular complexity index is 744. The smallest absolute Gasteiger partial charge is 0.252 e. The van der Waals surface area contributed by atoms with Crippen molar-refractivity contribution in [2.24, 2.45) is 5.73 Å². The maximum atomic E-state index is 11.9. The van der Waals surface area contributed by atoms with Crippen LogP contribution in [0.4, 0.5) is 5.69 Å². The standard InChI is InChI=1S/C19H24N4O2/c1-11(24)10-23-13-5-6-14(23)8-12(7-13)22-18-15-3-2-4-17(15)21-9-16(18)19(20)25/h2-3,9,12-14H,4-8,10H2,1H3,(H2,20,25)(H,21,22)/t12?,13-,14+. The minimum absolute atomic E-state index is 0.233. The first-order chi connectivity index (χ1) is 12.0. The van der Waals surface area contributed by atoms with Crippen LogP contribution in [0, 0.1) is 0 Å². The zero-order valence-corrected chi connectivity index (χ0v) is 14.5. The number of carbonyl (C=O) groups is 2. The molecule has 132 valence electrons. The summed E-state index contributed by atoms with van der Waals surface area (Å²) in [6.45, 7) is 2.22. The summed E-state index contributed by atoms with van der Waals surface area (Å²) in [6, 6.07) is 1.18. The van der Waals surface area contributed by atoms with Gasteiger partial charge in [0.1, 0.15) is 5.78 Å². The van der Waals surface area contributed by atoms with Crippen molar-refractivity contribution in [3.63, 3.8) is 0 Å². The zero-order chi connectivity index (χ0) is 17.6. The average Bonchev–Trinajstić information content (AvgIpc) is 3.10. The lowest BCUT2D eigenvalue weighted by Gasteiger charge is -2.39. The third kappa shape index (κ3) is 2.95. The van der Waals surface area contributed by atoms with Crippen LogP contribution in [0.5, 0.6) is 0 Å². The van der Waals surface area contributed by atoms with Crippen molar-refractivity contribution >= 4 is 23.5 Å². The summed E-state index contributed by atoms with van der Waals surface area (Å²) in [5.74, 6) is -0.216. The van der Waals surface area contributed by atoms with E-state index in [1.807, 2.05) is 6.08 Å². The number of piperidine rings is 1. The van der Waals surface area contributed by atoms with Gasteiger partial charge in [0, 0.05) is 36.3 Å². The van der Waals surface area contributed by atoms with Crippen LogP contribution in [0.1, 0.15) is 54.2 Å². The number of nitrogens with two attached hydrogens (primary N) is 1. The predicted molar refractivity (Wildman–Crippen MR) is 96.3 cm³/mol. The van der Waals surface area contributed by atoms with E-state index in [0.717, 1.165) is 49.0 Å². The number of Topliss-reactive ketones (excluding diaryl/α,β-unsaturated/α-hetero) is 1. The van der Waals surface area contributed by atoms with E-state index in [1.54, 1.807) is 13.1 Å². The molecule has 3 heterocycles. The van der Waals surface area contributed by atoms with E-state index in [0.29, 0.717) is 30.2 Å². The van der Waals surface area contributed by atoms with Gasteiger partial charge in [0.25, 0.3) is 5.91 Å². The molecule has 4 rings (SSSR count). The van der Waals surface area contributed by atoms with Crippen molar-refractivity contribution in [2.45, 2.75) is 57.2 Å². The Morgan fingerprint density at radius 3 is 2.68 bits per heavy atom. The van der Waals surface area contributed by atoms with Gasteiger partial charge in [-0.3, -0.25) is 19.5 Å². The molecule has 1 unspecified atom stereocenters. The van der Waals surface area contributed by atoms with Gasteiger partial charge < -0.3 is 11.1 Å². The monoisotopic (exact) mass is 340 g/mol. The first kappa shape index (κ1) is 16.3. The molecule has 0 saturated carbocycles. The van der Waals surface area contributed by atoms with Gasteiger partial charge in [-0.15, -0.1) is 0 Å². The summed E-state index contributed by atoms with van der Waals surface area (Å²) < 4.78 is 0. The van der Waals surface area contributed by atoms with E-state index in [9.17, 15) is 9.59 Å². The van der Waals surface area contributed by atoms with Crippen molar-refractivity contribution in [3.05, 3.63) is 29.1 Å². The van der Waals surface area contributed by atoms with E-state index in [1.165, 1.54) is 0 Å². The highest BCUT2D eigenvalue weighted by Gasteiger charge is 2.41. The van der Waals surface area contributed by atoms with Crippen LogP contribution in [0.15, 0.2) is 12.3 Å². The summed E-state index contributed by atoms with van der Waals surface area (Å²) >= 11 is 0. The van der Waals surface area contributed by atoms with E-state index in [-0.39, 0.29) is 5.78 Å². The molecule has 6 heteroatoms. The average molecular weight is 340 g/mol. The number of primary amides is 1. The topological polar surface area (TPSA) is 88.3 Å². The Balaban J connectivity index is 1.56. The second kappa shape index (κ2) is 6.26. The van der Waals surface area contributed by atoms with Gasteiger partial charge in [0.05, 0.1) is 23.5 Å². The van der Waals surface area contributed by atoms with Gasteiger partial charge in [0.2, 0.25) is 0 Å². The fourth-order valence-electron chi connectivity index (χ4n) is 4.65. The van der Waals surface area contributed by atoms with Crippen molar-refractivity contribution in [1.29, 1.82) is 0 Å². The minimum Gasteiger partial charge on any atom is -0.381 e. The highest BCUT2D eigenvalue weighted by molar-refractivity contribution is 6.00. The van der Waals surface area contributed by atoms with Crippen LogP contribution in [-0.4, -0.2) is 46.2 Å². The fourth-order valence-corrected chi connectivity index (χ4v) is 4.65. The van der Waals surface area contributed by atoms with E-state index in [4.69, 9.17) is 5.73 Å². The molecule has 1 aromatic rings. The van der Waals surface area contributed by atoms with Crippen LogP contribution in [0.25, 0.3) is 6.08 Å². The number of rotatable bonds is 5. The van der Waals surface area contributed by atoms with Crippen LogP contribution in [0.2, 0.25) is 0 Å². The molecule has 0 radical (unpaired) electrons. The number of hydrogen-bond acceptors (Lipinski definition) is 5. The summed E-state index contributed by atoms with van der Waals surface area (Å²) in [6.07, 6.45) is 10.7. The lowest BCUT2D eigenvalue weighted by Crippen LogP contribution is -2.48. The number of fused-ring (bicyclic) bond motifs is 3. The van der Waals surface area contributed by atoms with Crippen LogP contribution < -0.4 is 11.1 Å². The molecule has 2 aliphatic heterocycles. The molecule has 3 atom stereocenters. The van der Waals surface area contributed by atoms with Crippen molar-refractivity contribution in [2.75, 3.05) is 11.9 Å². The lowest BCUT2D eigenvalue weighted by atomic mass is 9.95. The number of amides is 1. The summed E-state index contributed by atoms with van der Waals surface area (Å²) in [7, 11) is 0. The molecule has 2 saturated heterocycles. The number of hydrogen-bond donors (Lipinski definition) is 2. The highest BCUT2D eigenvalue weighted by atomic mass is 16.1. The predicted octanol–water partition coefficient (Wildman–Crippen LogP) is 1.75. The van der Waals surface area contributed by atoms with Gasteiger partial charge in [0.15, 0.2) is 0 Å². The lowest BCUT2D eigenvalue weighted by molar-refractivity contribution is -0.119. The SMILES string of the molecule is CC(=O)CN1[C@@H]2CC[C@H]1CC(Nc1c(C(N)=O)cnc3c1C=CC3)C2. The number of allylic oxidation sites excluding steroid dienone is 1. The third-order valence-corrected chi connectivity index (χ3v) is 5.70. The molecule has 1 aliphatic carbocycles. The maximum Gasteiger partial charge on any atom is 0.252 e. The Kier molecular flexibility index (Phi) is 4.07. The molecule has 0 spiro atoms. The number of anilines is 1. The Morgan fingerprint density at radius 2 is 2.04 bits per heavy atom. The molecule has 6 nitrogen and oxygen atoms in total. The van der Waals surface area contributed by atoms with Crippen molar-refractivity contribution in [3.8, 4) is 0 Å². The number of ketones is 1. The fraction of sp³-hybridized carbons (Fsp3) is 0.526. The molecule has 3 aliphatic rings. The van der Waals surface area contributed by atoms with Crippen LogP contribution >= 0.6 is 0 Å². The van der Waals surface area contributed by atoms with Gasteiger partial charge >= 0.3 is 0 Å². The number of aromatic nitrogens is 1. The van der Waals surface area contributed by atoms with E-state index >= 15 is 0 Å². The third-order valence-electron chi connectivity index (χ3n) is 5.70. The summed E-state index contributed by atoms with van der Waals surface area (Å²) in [4.78, 5) is 30.1. The Labute approximate surface area is 147 Å². The molecule has 2 fully saturated rings. The van der Waals surface area contributed by atoms with Crippen molar-refractivity contribution in [1.82, 2.24) is 9.88 Å². The summed E-state index contributed by atoms with van der Waals surface area (Å²) in [5, 5.41) is 3.60. The molecular formula is C19H24N4O2. The zero-order valence-electron chi connectivity index (χ0n) is 14.5. The van der Waals surface area contributed by atoms with Crippen LogP contribution in [-0.2, 0) is 11.2 Å². The maximum absolute atomic E-state index is 11.9. The molecule has 1 amide bonds. The van der Waals surface area contributed by atoms with Crippen molar-refractivity contribution < 1.29 is 9.59 Å². The van der Waals surface area contributed by atoms with Crippen LogP contribution in [0.3, 0.4) is 0 Å². The number of pyridine rings is 1. The Hall–Kier alpha value is -2.21. The number of carbonyl (C=O) groups excluding carboxylic acids is 2. The largest absolute Gasteiger partial charge is 0.381 e. The molecule has 1 aromatic heterocycles. The van der Waals surface area contributed by atoms with Gasteiger partial charge in [-0.1, -0.05) is 12.2 Å². The molecule has 3 N–H and O–H groups in total. The van der Waals surface area contributed by atoms with Gasteiger partial charge in [-0.05, 0) is 32.6 Å². The highest BCUT2D eigenvalue weighted by Crippen LogP contribution is 2.38. The van der Waals surface area contributed by atoms with Gasteiger partial charge in [-0.2, -0.15) is 0 Å². The summed E-state index contributed by atoms with van der Waals surface area (Å²) in [5.41, 5.74) is 8.85. The number of nitrogens with one attached hydrogen (secondary N) is 1. The molecule has 2 bridgehead atoms. The van der Waals surface area contributed by atoms with E-state index in [2.05, 4.69) is 21.3 Å². The second-order valence-corrected chi connectivity index (χ2v) is 7.45. The molecule has 25 heavy (non-hydrogen) atoms. The van der Waals surface area contributed by atoms with E-state index < -0.39 is 5.91 Å². The normalized spacial score (nSPS) is 27.3. The molecule has 0 aromatic carbocycles. The first-order valence-electron chi connectivity index (χ1n) is 9.03. The van der Waals surface area contributed by atoms with Gasteiger partial charge in [-0.25, -0.2) is 0 Å². The molecular weight excluding hydrogens is 316 g/mol. The second-order valence-electron chi connectivity index (χ2n) is 7.45.